The summed E-state index contributed by atoms with van der Waals surface area (Å²) in [6.45, 7) is 12.8. The Bertz CT molecular complexity index is 2730. The van der Waals surface area contributed by atoms with Crippen molar-refractivity contribution in [2.45, 2.75) is 69.9 Å². The van der Waals surface area contributed by atoms with Crippen molar-refractivity contribution < 1.29 is 27.7 Å². The van der Waals surface area contributed by atoms with Crippen LogP contribution in [0.15, 0.2) is 65.4 Å². The van der Waals surface area contributed by atoms with Crippen LogP contribution in [0.2, 0.25) is 0 Å². The zero-order valence-electron chi connectivity index (χ0n) is 39.3. The number of piperazine rings is 1. The van der Waals surface area contributed by atoms with E-state index in [1.165, 1.54) is 23.4 Å². The molecule has 2 amide bonds. The number of hydrogen-bond donors (Lipinski definition) is 3. The minimum Gasteiger partial charge on any atom is -0.494 e. The lowest BCUT2D eigenvalue weighted by molar-refractivity contribution is -0.134. The number of carbonyl (C=O) groups excluding carboxylic acids is 2. The normalized spacial score (nSPS) is 20.8. The number of methoxy groups -OCH3 is 1. The lowest BCUT2D eigenvalue weighted by Crippen LogP contribution is -2.55. The van der Waals surface area contributed by atoms with Crippen molar-refractivity contribution >= 4 is 85.6 Å². The molecule has 360 valence electrons. The highest BCUT2D eigenvalue weighted by Crippen LogP contribution is 2.43. The molecule has 5 heterocycles. The standard InChI is InChI=1S/C50H60BrF2N10O4P/c1-6-31-23-41(57-50-55-27-37(51)48(59-50)56-42-28-54-40-10-8-7-9-35(40)47(42)68(4,5)66)44(67-3)26-43(31)63-15-13-32(14-16-63)62-19-17-61(18-20-62)29-30-21-33(22-30)60(2)34-24-38(52)46(39(53)25-34)36-11-12-45(64)58-49(36)65/h7-10,23-28,30,32-33,36H,6,11-22,29H2,1-5H3,(H,58,64,65)(H2,55,56,57,59). The van der Waals surface area contributed by atoms with E-state index in [0.29, 0.717) is 45.3 Å². The van der Waals surface area contributed by atoms with Crippen molar-refractivity contribution in [3.63, 3.8) is 0 Å². The van der Waals surface area contributed by atoms with Gasteiger partial charge in [0.05, 0.1) is 40.6 Å². The number of para-hydroxylation sites is 1. The average molecular weight is 1010 g/mol. The van der Waals surface area contributed by atoms with Crippen LogP contribution in [0.3, 0.4) is 0 Å². The molecule has 0 spiro atoms. The van der Waals surface area contributed by atoms with E-state index in [-0.39, 0.29) is 24.4 Å². The van der Waals surface area contributed by atoms with Crippen LogP contribution in [-0.4, -0.2) is 122 Å². The monoisotopic (exact) mass is 1010 g/mol. The van der Waals surface area contributed by atoms with Crippen LogP contribution in [0.4, 0.5) is 43.3 Å². The number of ether oxygens (including phenoxy) is 1. The number of imide groups is 1. The minimum atomic E-state index is -2.72. The van der Waals surface area contributed by atoms with Crippen molar-refractivity contribution in [1.29, 1.82) is 0 Å². The van der Waals surface area contributed by atoms with Gasteiger partial charge in [-0.25, -0.2) is 13.8 Å². The number of nitrogens with zero attached hydrogens (tertiary/aromatic N) is 7. The fourth-order valence-corrected chi connectivity index (χ4v) is 12.4. The Balaban J connectivity index is 0.765. The third-order valence-corrected chi connectivity index (χ3v) is 16.5. The molecule has 3 aromatic carbocycles. The van der Waals surface area contributed by atoms with Gasteiger partial charge in [0.2, 0.25) is 17.8 Å². The van der Waals surface area contributed by atoms with E-state index in [1.54, 1.807) is 32.8 Å². The summed E-state index contributed by atoms with van der Waals surface area (Å²) in [5.41, 5.74) is 4.77. The number of aryl methyl sites for hydroxylation is 1. The van der Waals surface area contributed by atoms with Crippen molar-refractivity contribution in [1.82, 2.24) is 30.1 Å². The van der Waals surface area contributed by atoms with Crippen molar-refractivity contribution in [3.8, 4) is 5.75 Å². The molecule has 1 saturated carbocycles. The predicted octanol–water partition coefficient (Wildman–Crippen LogP) is 8.39. The number of benzene rings is 3. The molecule has 2 aromatic heterocycles. The maximum Gasteiger partial charge on any atom is 0.234 e. The van der Waals surface area contributed by atoms with E-state index in [4.69, 9.17) is 9.72 Å². The summed E-state index contributed by atoms with van der Waals surface area (Å²) < 4.78 is 50.7. The molecule has 14 nitrogen and oxygen atoms in total. The number of carbonyl (C=O) groups is 2. The molecule has 3 aliphatic heterocycles. The first kappa shape index (κ1) is 47.8. The predicted molar refractivity (Wildman–Crippen MR) is 269 cm³/mol. The zero-order chi connectivity index (χ0) is 47.9. The maximum absolute atomic E-state index is 15.2. The molecule has 68 heavy (non-hydrogen) atoms. The Hall–Kier alpha value is -5.22. The van der Waals surface area contributed by atoms with Crippen LogP contribution in [-0.2, 0) is 20.6 Å². The molecule has 3 saturated heterocycles. The number of piperidine rings is 2. The molecular formula is C50H60BrF2N10O4P. The molecule has 4 aliphatic rings. The van der Waals surface area contributed by atoms with Gasteiger partial charge in [0, 0.05) is 111 Å². The SMILES string of the molecule is CCc1cc(Nc2ncc(Br)c(Nc3cnc4ccccc4c3P(C)(C)=O)n2)c(OC)cc1N1CCC(N2CCN(CC3CC(N(C)c4cc(F)c(C5CCC(=O)NC5=O)c(F)c4)C3)CC2)CC1. The topological polar surface area (TPSA) is 148 Å². The summed E-state index contributed by atoms with van der Waals surface area (Å²) in [7, 11) is 0.841. The van der Waals surface area contributed by atoms with Crippen LogP contribution < -0.4 is 35.8 Å². The number of amides is 2. The molecular weight excluding hydrogens is 953 g/mol. The lowest BCUT2D eigenvalue weighted by atomic mass is 9.78. The zero-order valence-corrected chi connectivity index (χ0v) is 41.8. The molecule has 0 radical (unpaired) electrons. The third-order valence-electron chi connectivity index (χ3n) is 14.4. The van der Waals surface area contributed by atoms with E-state index in [9.17, 15) is 14.2 Å². The van der Waals surface area contributed by atoms with E-state index in [0.717, 1.165) is 99.8 Å². The highest BCUT2D eigenvalue weighted by Gasteiger charge is 2.37. The van der Waals surface area contributed by atoms with Crippen LogP contribution in [0.5, 0.6) is 5.75 Å². The van der Waals surface area contributed by atoms with E-state index < -0.39 is 36.5 Å². The Kier molecular flexibility index (Phi) is 14.1. The number of aromatic nitrogens is 3. The molecule has 1 unspecified atom stereocenters. The van der Waals surface area contributed by atoms with Crippen LogP contribution in [0, 0.1) is 17.6 Å². The van der Waals surface area contributed by atoms with Crippen LogP contribution in [0.25, 0.3) is 10.9 Å². The van der Waals surface area contributed by atoms with Gasteiger partial charge in [-0.05, 0) is 104 Å². The summed E-state index contributed by atoms with van der Waals surface area (Å²) in [6, 6.07) is 15.4. The molecule has 9 rings (SSSR count). The molecule has 3 N–H and O–H groups in total. The summed E-state index contributed by atoms with van der Waals surface area (Å²) in [5.74, 6) is -1.43. The minimum absolute atomic E-state index is 0.0643. The number of halogens is 3. The third kappa shape index (κ3) is 10.1. The first-order valence-corrected chi connectivity index (χ1v) is 27.0. The van der Waals surface area contributed by atoms with Crippen LogP contribution in [0.1, 0.15) is 62.5 Å². The number of hydrogen-bond acceptors (Lipinski definition) is 13. The van der Waals surface area contributed by atoms with Gasteiger partial charge in [-0.2, -0.15) is 4.98 Å². The summed E-state index contributed by atoms with van der Waals surface area (Å²) in [4.78, 5) is 47.6. The van der Waals surface area contributed by atoms with Gasteiger partial charge in [0.25, 0.3) is 0 Å². The lowest BCUT2D eigenvalue weighted by Gasteiger charge is -2.47. The molecule has 18 heteroatoms. The Morgan fingerprint density at radius 1 is 0.926 bits per heavy atom. The Labute approximate surface area is 405 Å². The smallest absolute Gasteiger partial charge is 0.234 e. The quantitative estimate of drug-likeness (QED) is 0.0724. The highest BCUT2D eigenvalue weighted by molar-refractivity contribution is 9.10. The molecule has 4 fully saturated rings. The van der Waals surface area contributed by atoms with Gasteiger partial charge in [0.15, 0.2) is 0 Å². The Morgan fingerprint density at radius 3 is 2.32 bits per heavy atom. The first-order valence-electron chi connectivity index (χ1n) is 23.6. The highest BCUT2D eigenvalue weighted by atomic mass is 79.9. The van der Waals surface area contributed by atoms with Gasteiger partial charge in [0.1, 0.15) is 30.3 Å². The van der Waals surface area contributed by atoms with E-state index in [1.807, 2.05) is 36.2 Å². The van der Waals surface area contributed by atoms with E-state index in [2.05, 4.69) is 75.6 Å². The first-order chi connectivity index (χ1) is 32.7. The van der Waals surface area contributed by atoms with Crippen LogP contribution >= 0.6 is 23.1 Å². The van der Waals surface area contributed by atoms with Crippen molar-refractivity contribution in [2.24, 2.45) is 5.92 Å². The summed E-state index contributed by atoms with van der Waals surface area (Å²) in [5, 5.41) is 10.6. The molecule has 1 aliphatic carbocycles. The number of nitrogens with one attached hydrogen (secondary N) is 3. The fraction of sp³-hybridized carbons (Fsp3) is 0.460. The second-order valence-electron chi connectivity index (χ2n) is 19.0. The van der Waals surface area contributed by atoms with Crippen molar-refractivity contribution in [2.75, 3.05) is 93.7 Å². The van der Waals surface area contributed by atoms with E-state index >= 15 is 8.78 Å². The number of anilines is 6. The number of pyridine rings is 1. The fourth-order valence-electron chi connectivity index (χ4n) is 10.6. The largest absolute Gasteiger partial charge is 0.494 e. The average Bonchev–Trinajstić information content (AvgIpc) is 3.31. The number of rotatable bonds is 14. The second-order valence-corrected chi connectivity index (χ2v) is 23.1. The van der Waals surface area contributed by atoms with Crippen molar-refractivity contribution in [3.05, 3.63) is 88.2 Å². The van der Waals surface area contributed by atoms with Gasteiger partial charge in [-0.1, -0.05) is 25.1 Å². The second kappa shape index (κ2) is 20.0. The van der Waals surface area contributed by atoms with Gasteiger partial charge in [-0.15, -0.1) is 0 Å². The van der Waals surface area contributed by atoms with Gasteiger partial charge >= 0.3 is 0 Å². The maximum atomic E-state index is 15.2. The number of fused-ring (bicyclic) bond motifs is 1. The molecule has 1 atom stereocenters. The summed E-state index contributed by atoms with van der Waals surface area (Å²) >= 11 is 3.60. The molecule has 0 bridgehead atoms. The van der Waals surface area contributed by atoms with Gasteiger partial charge < -0.3 is 34.6 Å². The molecule has 5 aromatic rings. The Morgan fingerprint density at radius 2 is 1.65 bits per heavy atom. The summed E-state index contributed by atoms with van der Waals surface area (Å²) in [6.07, 6.45) is 8.48. The van der Waals surface area contributed by atoms with Gasteiger partial charge in [-0.3, -0.25) is 24.8 Å².